The van der Waals surface area contributed by atoms with Crippen molar-refractivity contribution in [1.82, 2.24) is 10.2 Å². The summed E-state index contributed by atoms with van der Waals surface area (Å²) in [6.45, 7) is 0. The molecule has 1 aliphatic rings. The van der Waals surface area contributed by atoms with E-state index in [-0.39, 0.29) is 17.7 Å². The number of nitrogens with one attached hydrogen (secondary N) is 2. The first-order valence-electron chi connectivity index (χ1n) is 10.9. The Bertz CT molecular complexity index is 1240. The van der Waals surface area contributed by atoms with Crippen LogP contribution in [0.2, 0.25) is 0 Å². The minimum absolute atomic E-state index is 0.0874. The molecule has 36 heavy (non-hydrogen) atoms. The average Bonchev–Trinajstić information content (AvgIpc) is 3.28. The normalized spacial score (nSPS) is 17.9. The summed E-state index contributed by atoms with van der Waals surface area (Å²) in [5, 5.41) is 21.0. The third-order valence-electron chi connectivity index (χ3n) is 5.53. The van der Waals surface area contributed by atoms with Gasteiger partial charge in [-0.15, -0.1) is 5.10 Å². The lowest BCUT2D eigenvalue weighted by Crippen LogP contribution is -2.27. The van der Waals surface area contributed by atoms with Crippen molar-refractivity contribution in [2.45, 2.75) is 38.0 Å². The van der Waals surface area contributed by atoms with E-state index in [1.165, 1.54) is 0 Å². The van der Waals surface area contributed by atoms with Gasteiger partial charge in [-0.05, 0) is 68.1 Å². The molecule has 3 N–H and O–H groups in total. The summed E-state index contributed by atoms with van der Waals surface area (Å²) in [6.07, 6.45) is -2.46. The van der Waals surface area contributed by atoms with Crippen LogP contribution in [-0.4, -0.2) is 33.3 Å². The zero-order valence-corrected chi connectivity index (χ0v) is 18.5. The molecule has 3 aromatic rings. The summed E-state index contributed by atoms with van der Waals surface area (Å²) in [6, 6.07) is 7.85. The van der Waals surface area contributed by atoms with Crippen LogP contribution in [0.25, 0.3) is 0 Å². The van der Waals surface area contributed by atoms with Gasteiger partial charge in [0, 0.05) is 11.4 Å². The van der Waals surface area contributed by atoms with E-state index >= 15 is 0 Å². The fourth-order valence-electron chi connectivity index (χ4n) is 3.74. The van der Waals surface area contributed by atoms with Crippen LogP contribution in [0.15, 0.2) is 46.9 Å². The standard InChI is InChI=1S/C23H20F4N4O5/c24-14-9-13(23(25,26)27)10-16(11-14)29-22-31-30-20(36-22)19(32)28-15-3-7-18(8-4-15)35-17-5-1-12(2-6-17)21(33)34/h3-4,7-12,17H,1-2,5-6H2,(H,28,32)(H,29,31)(H,33,34). The Labute approximate surface area is 201 Å². The van der Waals surface area contributed by atoms with Gasteiger partial charge >= 0.3 is 30.0 Å². The van der Waals surface area contributed by atoms with E-state index in [9.17, 15) is 27.2 Å². The molecular formula is C23H20F4N4O5. The van der Waals surface area contributed by atoms with Crippen molar-refractivity contribution in [3.05, 3.63) is 59.7 Å². The largest absolute Gasteiger partial charge is 0.490 e. The molecule has 0 bridgehead atoms. The predicted octanol–water partition coefficient (Wildman–Crippen LogP) is 5.25. The van der Waals surface area contributed by atoms with Gasteiger partial charge in [0.2, 0.25) is 0 Å². The number of nitrogens with zero attached hydrogens (tertiary/aromatic N) is 2. The van der Waals surface area contributed by atoms with E-state index in [0.29, 0.717) is 49.3 Å². The van der Waals surface area contributed by atoms with Crippen molar-refractivity contribution in [2.24, 2.45) is 5.92 Å². The van der Waals surface area contributed by atoms with E-state index < -0.39 is 41.3 Å². The Hall–Kier alpha value is -4.16. The van der Waals surface area contributed by atoms with Gasteiger partial charge in [-0.3, -0.25) is 9.59 Å². The summed E-state index contributed by atoms with van der Waals surface area (Å²) < 4.78 is 63.1. The molecule has 190 valence electrons. The maximum atomic E-state index is 13.5. The summed E-state index contributed by atoms with van der Waals surface area (Å²) in [4.78, 5) is 23.4. The van der Waals surface area contributed by atoms with Crippen LogP contribution in [0.3, 0.4) is 0 Å². The quantitative estimate of drug-likeness (QED) is 0.370. The molecule has 4 rings (SSSR count). The highest BCUT2D eigenvalue weighted by Gasteiger charge is 2.31. The van der Waals surface area contributed by atoms with Crippen LogP contribution in [0.5, 0.6) is 5.75 Å². The second kappa shape index (κ2) is 10.2. The number of benzene rings is 2. The second-order valence-corrected chi connectivity index (χ2v) is 8.17. The van der Waals surface area contributed by atoms with Crippen molar-refractivity contribution >= 4 is 29.3 Å². The first-order valence-corrected chi connectivity index (χ1v) is 10.9. The highest BCUT2D eigenvalue weighted by atomic mass is 19.4. The molecule has 0 spiro atoms. The van der Waals surface area contributed by atoms with Gasteiger partial charge in [-0.2, -0.15) is 13.2 Å². The maximum Gasteiger partial charge on any atom is 0.416 e. The van der Waals surface area contributed by atoms with E-state index in [1.807, 2.05) is 0 Å². The van der Waals surface area contributed by atoms with Crippen LogP contribution in [0.1, 0.15) is 41.9 Å². The number of aliphatic carboxylic acids is 1. The molecule has 0 unspecified atom stereocenters. The van der Waals surface area contributed by atoms with Crippen LogP contribution < -0.4 is 15.4 Å². The minimum atomic E-state index is -4.75. The van der Waals surface area contributed by atoms with Crippen LogP contribution in [-0.2, 0) is 11.0 Å². The van der Waals surface area contributed by atoms with Crippen molar-refractivity contribution in [3.8, 4) is 5.75 Å². The van der Waals surface area contributed by atoms with Gasteiger partial charge in [-0.1, -0.05) is 5.10 Å². The zero-order chi connectivity index (χ0) is 25.9. The third-order valence-corrected chi connectivity index (χ3v) is 5.53. The molecule has 1 amide bonds. The number of ether oxygens (including phenoxy) is 1. The lowest BCUT2D eigenvalue weighted by molar-refractivity contribution is -0.143. The predicted molar refractivity (Wildman–Crippen MR) is 117 cm³/mol. The molecule has 1 fully saturated rings. The number of carboxylic acid groups (broad SMARTS) is 1. The number of carbonyl (C=O) groups is 2. The zero-order valence-electron chi connectivity index (χ0n) is 18.5. The Morgan fingerprint density at radius 1 is 1.00 bits per heavy atom. The molecule has 0 radical (unpaired) electrons. The molecular weight excluding hydrogens is 488 g/mol. The molecule has 0 saturated heterocycles. The SMILES string of the molecule is O=C(Nc1ccc(OC2CCC(C(=O)O)CC2)cc1)c1nnc(Nc2cc(F)cc(C(F)(F)F)c2)o1. The Morgan fingerprint density at radius 2 is 1.69 bits per heavy atom. The first kappa shape index (κ1) is 24.9. The van der Waals surface area contributed by atoms with E-state index in [4.69, 9.17) is 14.3 Å². The average molecular weight is 508 g/mol. The highest BCUT2D eigenvalue weighted by molar-refractivity contribution is 6.00. The Balaban J connectivity index is 1.32. The lowest BCUT2D eigenvalue weighted by atomic mass is 9.87. The molecule has 1 heterocycles. The van der Waals surface area contributed by atoms with Crippen molar-refractivity contribution in [3.63, 3.8) is 0 Å². The van der Waals surface area contributed by atoms with Gasteiger partial charge in [0.1, 0.15) is 11.6 Å². The number of rotatable bonds is 7. The monoisotopic (exact) mass is 508 g/mol. The first-order chi connectivity index (χ1) is 17.1. The number of hydrogen-bond acceptors (Lipinski definition) is 7. The molecule has 1 aromatic heterocycles. The molecule has 0 atom stereocenters. The van der Waals surface area contributed by atoms with E-state index in [2.05, 4.69) is 20.8 Å². The summed E-state index contributed by atoms with van der Waals surface area (Å²) >= 11 is 0. The molecule has 2 aromatic carbocycles. The fraction of sp³-hybridized carbons (Fsp3) is 0.304. The summed E-state index contributed by atoms with van der Waals surface area (Å²) in [7, 11) is 0. The number of carboxylic acids is 1. The maximum absolute atomic E-state index is 13.5. The molecule has 1 saturated carbocycles. The van der Waals surface area contributed by atoms with Crippen LogP contribution in [0.4, 0.5) is 35.0 Å². The molecule has 13 heteroatoms. The summed E-state index contributed by atoms with van der Waals surface area (Å²) in [5.41, 5.74) is -1.11. The van der Waals surface area contributed by atoms with E-state index in [0.717, 1.165) is 6.07 Å². The van der Waals surface area contributed by atoms with Crippen molar-refractivity contribution in [1.29, 1.82) is 0 Å². The summed E-state index contributed by atoms with van der Waals surface area (Å²) in [5.74, 6) is -2.93. The fourth-order valence-corrected chi connectivity index (χ4v) is 3.74. The number of amides is 1. The molecule has 1 aliphatic carbocycles. The molecule has 9 nitrogen and oxygen atoms in total. The number of aromatic nitrogens is 2. The lowest BCUT2D eigenvalue weighted by Gasteiger charge is -2.26. The number of alkyl halides is 3. The van der Waals surface area contributed by atoms with Gasteiger partial charge < -0.3 is 24.9 Å². The topological polar surface area (TPSA) is 127 Å². The van der Waals surface area contributed by atoms with Crippen molar-refractivity contribution in [2.75, 3.05) is 10.6 Å². The molecule has 0 aliphatic heterocycles. The third kappa shape index (κ3) is 6.29. The smallest absolute Gasteiger partial charge is 0.416 e. The van der Waals surface area contributed by atoms with Crippen molar-refractivity contribution < 1.29 is 41.4 Å². The highest BCUT2D eigenvalue weighted by Crippen LogP contribution is 2.32. The number of hydrogen-bond donors (Lipinski definition) is 3. The Kier molecular flexibility index (Phi) is 7.08. The van der Waals surface area contributed by atoms with Gasteiger partial charge in [0.05, 0.1) is 17.6 Å². The van der Waals surface area contributed by atoms with E-state index in [1.54, 1.807) is 24.3 Å². The number of halogens is 4. The Morgan fingerprint density at radius 3 is 2.33 bits per heavy atom. The number of anilines is 3. The van der Waals surface area contributed by atoms with Crippen LogP contribution in [0, 0.1) is 11.7 Å². The van der Waals surface area contributed by atoms with Gasteiger partial charge in [0.25, 0.3) is 0 Å². The van der Waals surface area contributed by atoms with Gasteiger partial charge in [-0.25, -0.2) is 4.39 Å². The second-order valence-electron chi connectivity index (χ2n) is 8.17. The number of carbonyl (C=O) groups excluding carboxylic acids is 1. The van der Waals surface area contributed by atoms with Crippen LogP contribution >= 0.6 is 0 Å². The van der Waals surface area contributed by atoms with Gasteiger partial charge in [0.15, 0.2) is 0 Å². The minimum Gasteiger partial charge on any atom is -0.490 e.